The van der Waals surface area contributed by atoms with E-state index >= 15 is 0 Å². The molecule has 132 valence electrons. The minimum atomic E-state index is -3.70. The molecule has 0 fully saturated rings. The van der Waals surface area contributed by atoms with Gasteiger partial charge in [-0.25, -0.2) is 13.1 Å². The van der Waals surface area contributed by atoms with E-state index in [2.05, 4.69) is 4.72 Å². The molecule has 0 bridgehead atoms. The predicted octanol–water partition coefficient (Wildman–Crippen LogP) is 4.14. The zero-order chi connectivity index (χ0) is 18.0. The third-order valence-corrected chi connectivity index (χ3v) is 5.77. The summed E-state index contributed by atoms with van der Waals surface area (Å²) >= 11 is 0. The summed E-state index contributed by atoms with van der Waals surface area (Å²) in [7, 11) is -3.70. The highest BCUT2D eigenvalue weighted by molar-refractivity contribution is 7.89. The van der Waals surface area contributed by atoms with Gasteiger partial charge in [-0.1, -0.05) is 36.4 Å². The molecule has 0 amide bonds. The second kappa shape index (κ2) is 6.82. The first kappa shape index (κ1) is 16.6. The van der Waals surface area contributed by atoms with Crippen molar-refractivity contribution < 1.29 is 17.3 Å². The van der Waals surface area contributed by atoms with E-state index in [0.29, 0.717) is 16.9 Å². The molecule has 0 aliphatic carbocycles. The fourth-order valence-corrected chi connectivity index (χ4v) is 4.30. The van der Waals surface area contributed by atoms with Crippen LogP contribution in [0.25, 0.3) is 10.8 Å². The molecule has 0 unspecified atom stereocenters. The van der Waals surface area contributed by atoms with Crippen molar-refractivity contribution in [1.82, 2.24) is 4.72 Å². The van der Waals surface area contributed by atoms with Crippen LogP contribution in [-0.4, -0.2) is 15.0 Å². The van der Waals surface area contributed by atoms with Gasteiger partial charge in [0.15, 0.2) is 0 Å². The van der Waals surface area contributed by atoms with E-state index in [1.165, 1.54) is 0 Å². The van der Waals surface area contributed by atoms with Gasteiger partial charge >= 0.3 is 0 Å². The molecule has 5 nitrogen and oxygen atoms in total. The van der Waals surface area contributed by atoms with Crippen molar-refractivity contribution in [1.29, 1.82) is 0 Å². The lowest BCUT2D eigenvalue weighted by Gasteiger charge is -2.14. The van der Waals surface area contributed by atoms with E-state index in [-0.39, 0.29) is 17.4 Å². The largest absolute Gasteiger partial charge is 0.469 e. The summed E-state index contributed by atoms with van der Waals surface area (Å²) in [6, 6.07) is 19.8. The van der Waals surface area contributed by atoms with Crippen molar-refractivity contribution in [2.45, 2.75) is 10.8 Å². The highest BCUT2D eigenvalue weighted by Gasteiger charge is 2.24. The fourth-order valence-electron chi connectivity index (χ4n) is 3.02. The quantitative estimate of drug-likeness (QED) is 0.556. The van der Waals surface area contributed by atoms with Gasteiger partial charge in [-0.3, -0.25) is 0 Å². The SMILES string of the molecule is O=S(=O)(NCC(c1ccco1)c1ccco1)c1cccc2ccccc12. The number of fused-ring (bicyclic) bond motifs is 1. The van der Waals surface area contributed by atoms with Gasteiger partial charge in [0.25, 0.3) is 0 Å². The average molecular weight is 367 g/mol. The van der Waals surface area contributed by atoms with Gasteiger partial charge in [0.05, 0.1) is 23.3 Å². The molecule has 0 aliphatic rings. The molecule has 0 saturated heterocycles. The molecule has 1 N–H and O–H groups in total. The van der Waals surface area contributed by atoms with Crippen LogP contribution in [0, 0.1) is 0 Å². The van der Waals surface area contributed by atoms with Crippen molar-refractivity contribution in [3.8, 4) is 0 Å². The lowest BCUT2D eigenvalue weighted by atomic mass is 10.0. The smallest absolute Gasteiger partial charge is 0.241 e. The Morgan fingerprint density at radius 3 is 2.12 bits per heavy atom. The third-order valence-electron chi connectivity index (χ3n) is 4.29. The molecule has 2 heterocycles. The number of benzene rings is 2. The zero-order valence-electron chi connectivity index (χ0n) is 13.8. The molecule has 0 atom stereocenters. The van der Waals surface area contributed by atoms with E-state index in [4.69, 9.17) is 8.83 Å². The topological polar surface area (TPSA) is 72.5 Å². The molecule has 0 saturated carbocycles. The number of nitrogens with one attached hydrogen (secondary N) is 1. The van der Waals surface area contributed by atoms with Crippen molar-refractivity contribution in [3.05, 3.63) is 90.8 Å². The normalized spacial score (nSPS) is 12.0. The van der Waals surface area contributed by atoms with E-state index in [0.717, 1.165) is 5.39 Å². The second-order valence-electron chi connectivity index (χ2n) is 5.91. The first-order chi connectivity index (χ1) is 12.6. The van der Waals surface area contributed by atoms with Crippen LogP contribution in [0.2, 0.25) is 0 Å². The summed E-state index contributed by atoms with van der Waals surface area (Å²) in [5.74, 6) is 0.936. The van der Waals surface area contributed by atoms with Gasteiger partial charge in [0.2, 0.25) is 10.0 Å². The van der Waals surface area contributed by atoms with Gasteiger partial charge in [0, 0.05) is 11.9 Å². The maximum absolute atomic E-state index is 12.9. The molecule has 26 heavy (non-hydrogen) atoms. The predicted molar refractivity (Wildman–Crippen MR) is 98.4 cm³/mol. The summed E-state index contributed by atoms with van der Waals surface area (Å²) in [5.41, 5.74) is 0. The van der Waals surface area contributed by atoms with E-state index < -0.39 is 10.0 Å². The van der Waals surface area contributed by atoms with E-state index in [1.54, 1.807) is 55.0 Å². The molecule has 0 radical (unpaired) electrons. The van der Waals surface area contributed by atoms with Gasteiger partial charge < -0.3 is 8.83 Å². The van der Waals surface area contributed by atoms with E-state index in [9.17, 15) is 8.42 Å². The molecule has 2 aromatic heterocycles. The molecule has 0 aliphatic heterocycles. The van der Waals surface area contributed by atoms with Crippen molar-refractivity contribution in [3.63, 3.8) is 0 Å². The number of hydrogen-bond donors (Lipinski definition) is 1. The van der Waals surface area contributed by atoms with Gasteiger partial charge in [0.1, 0.15) is 11.5 Å². The van der Waals surface area contributed by atoms with Crippen LogP contribution in [0.1, 0.15) is 17.4 Å². The van der Waals surface area contributed by atoms with Crippen LogP contribution in [0.15, 0.2) is 93.0 Å². The van der Waals surface area contributed by atoms with Crippen LogP contribution in [-0.2, 0) is 10.0 Å². The Morgan fingerprint density at radius 2 is 1.46 bits per heavy atom. The summed E-state index contributed by atoms with van der Waals surface area (Å²) in [4.78, 5) is 0.258. The molecular weight excluding hydrogens is 350 g/mol. The first-order valence-electron chi connectivity index (χ1n) is 8.19. The zero-order valence-corrected chi connectivity index (χ0v) is 14.6. The third kappa shape index (κ3) is 3.16. The number of sulfonamides is 1. The average Bonchev–Trinajstić information content (AvgIpc) is 3.36. The highest BCUT2D eigenvalue weighted by atomic mass is 32.2. The second-order valence-corrected chi connectivity index (χ2v) is 7.65. The minimum Gasteiger partial charge on any atom is -0.469 e. The van der Waals surface area contributed by atoms with Gasteiger partial charge in [-0.2, -0.15) is 0 Å². The summed E-state index contributed by atoms with van der Waals surface area (Å²) < 4.78 is 39.5. The Hall–Kier alpha value is -2.83. The molecule has 6 heteroatoms. The molecule has 4 aromatic rings. The van der Waals surface area contributed by atoms with Crippen LogP contribution in [0.5, 0.6) is 0 Å². The lowest BCUT2D eigenvalue weighted by Crippen LogP contribution is -2.29. The molecule has 4 rings (SSSR count). The maximum atomic E-state index is 12.9. The number of furan rings is 2. The standard InChI is InChI=1S/C20H17NO4S/c22-26(23,20-11-3-7-15-6-1-2-8-16(15)20)21-14-17(18-9-4-12-24-18)19-10-5-13-25-19/h1-13,17,21H,14H2. The summed E-state index contributed by atoms with van der Waals surface area (Å²) in [5, 5.41) is 1.57. The first-order valence-corrected chi connectivity index (χ1v) is 9.68. The Morgan fingerprint density at radius 1 is 0.808 bits per heavy atom. The Bertz CT molecular complexity index is 1060. The molecular formula is C20H17NO4S. The highest BCUT2D eigenvalue weighted by Crippen LogP contribution is 2.27. The number of hydrogen-bond acceptors (Lipinski definition) is 4. The van der Waals surface area contributed by atoms with Crippen molar-refractivity contribution >= 4 is 20.8 Å². The molecule has 2 aromatic carbocycles. The van der Waals surface area contributed by atoms with E-state index in [1.807, 2.05) is 24.3 Å². The van der Waals surface area contributed by atoms with Crippen molar-refractivity contribution in [2.24, 2.45) is 0 Å². The summed E-state index contributed by atoms with van der Waals surface area (Å²) in [6.07, 6.45) is 3.12. The fraction of sp³-hybridized carbons (Fsp3) is 0.100. The van der Waals surface area contributed by atoms with Crippen molar-refractivity contribution in [2.75, 3.05) is 6.54 Å². The monoisotopic (exact) mass is 367 g/mol. The Labute approximate surface area is 151 Å². The summed E-state index contributed by atoms with van der Waals surface area (Å²) in [6.45, 7) is 0.132. The Balaban J connectivity index is 1.65. The van der Waals surface area contributed by atoms with Crippen LogP contribution in [0.4, 0.5) is 0 Å². The van der Waals surface area contributed by atoms with Crippen LogP contribution >= 0.6 is 0 Å². The maximum Gasteiger partial charge on any atom is 0.241 e. The minimum absolute atomic E-state index is 0.132. The van der Waals surface area contributed by atoms with Crippen LogP contribution in [0.3, 0.4) is 0 Å². The van der Waals surface area contributed by atoms with Gasteiger partial charge in [-0.05, 0) is 35.7 Å². The Kier molecular flexibility index (Phi) is 4.36. The number of rotatable bonds is 6. The van der Waals surface area contributed by atoms with Gasteiger partial charge in [-0.15, -0.1) is 0 Å². The molecule has 0 spiro atoms. The van der Waals surface area contributed by atoms with Crippen LogP contribution < -0.4 is 4.72 Å². The lowest BCUT2D eigenvalue weighted by molar-refractivity contribution is 0.424.